The van der Waals surface area contributed by atoms with Gasteiger partial charge in [0.05, 0.1) is 5.69 Å². The first-order chi connectivity index (χ1) is 14.5. The number of anilines is 2. The molecule has 2 aromatic carbocycles. The number of carbonyl (C=O) groups is 1. The number of aromatic nitrogens is 3. The zero-order chi connectivity index (χ0) is 21.3. The highest BCUT2D eigenvalue weighted by Crippen LogP contribution is 2.43. The lowest BCUT2D eigenvalue weighted by atomic mass is 10.1. The predicted octanol–water partition coefficient (Wildman–Crippen LogP) is 4.16. The highest BCUT2D eigenvalue weighted by Gasteiger charge is 2.35. The molecule has 8 heteroatoms. The van der Waals surface area contributed by atoms with Crippen molar-refractivity contribution in [3.05, 3.63) is 54.1 Å². The molecule has 3 aromatic rings. The normalized spacial score (nSPS) is 14.9. The molecule has 154 valence electrons. The van der Waals surface area contributed by atoms with Crippen molar-refractivity contribution in [1.82, 2.24) is 15.2 Å². The molecule has 0 unspecified atom stereocenters. The summed E-state index contributed by atoms with van der Waals surface area (Å²) in [7, 11) is 3.98. The van der Waals surface area contributed by atoms with Gasteiger partial charge in [0.25, 0.3) is 0 Å². The summed E-state index contributed by atoms with van der Waals surface area (Å²) in [4.78, 5) is 21.4. The SMILES string of the molecule is CCC(=O)N1c2ccccc2-c2nnc(SC)nc2O[C@H]1c1ccc(N(C)C)cc1. The van der Waals surface area contributed by atoms with E-state index in [1.165, 1.54) is 11.8 Å². The Morgan fingerprint density at radius 2 is 1.87 bits per heavy atom. The van der Waals surface area contributed by atoms with E-state index in [2.05, 4.69) is 15.2 Å². The smallest absolute Gasteiger partial charge is 0.247 e. The minimum atomic E-state index is -0.664. The van der Waals surface area contributed by atoms with Gasteiger partial charge in [0.15, 0.2) is 5.69 Å². The van der Waals surface area contributed by atoms with E-state index in [4.69, 9.17) is 4.74 Å². The number of nitrogens with zero attached hydrogens (tertiary/aromatic N) is 5. The molecule has 0 aliphatic carbocycles. The Balaban J connectivity index is 1.92. The van der Waals surface area contributed by atoms with E-state index in [0.29, 0.717) is 23.2 Å². The average Bonchev–Trinajstić information content (AvgIpc) is 2.92. The maximum absolute atomic E-state index is 13.1. The van der Waals surface area contributed by atoms with Crippen molar-refractivity contribution < 1.29 is 9.53 Å². The lowest BCUT2D eigenvalue weighted by Gasteiger charge is -2.31. The summed E-state index contributed by atoms with van der Waals surface area (Å²) < 4.78 is 6.37. The zero-order valence-electron chi connectivity index (χ0n) is 17.4. The molecule has 0 N–H and O–H groups in total. The third-order valence-electron chi connectivity index (χ3n) is 4.96. The number of thioether (sulfide) groups is 1. The first kappa shape index (κ1) is 20.2. The van der Waals surface area contributed by atoms with Gasteiger partial charge in [-0.25, -0.2) is 0 Å². The molecule has 1 amide bonds. The Hall–Kier alpha value is -3.13. The van der Waals surface area contributed by atoms with Gasteiger partial charge in [-0.1, -0.05) is 49.0 Å². The van der Waals surface area contributed by atoms with Gasteiger partial charge >= 0.3 is 0 Å². The first-order valence-electron chi connectivity index (χ1n) is 9.67. The summed E-state index contributed by atoms with van der Waals surface area (Å²) >= 11 is 1.39. The van der Waals surface area contributed by atoms with Crippen molar-refractivity contribution >= 4 is 29.0 Å². The Bertz CT molecular complexity index is 1070. The Morgan fingerprint density at radius 3 is 2.53 bits per heavy atom. The Labute approximate surface area is 180 Å². The lowest BCUT2D eigenvalue weighted by molar-refractivity contribution is -0.120. The molecule has 0 radical (unpaired) electrons. The fraction of sp³-hybridized carbons (Fsp3) is 0.273. The molecule has 1 atom stereocenters. The zero-order valence-corrected chi connectivity index (χ0v) is 18.2. The third kappa shape index (κ3) is 3.59. The van der Waals surface area contributed by atoms with Crippen molar-refractivity contribution in [2.45, 2.75) is 24.7 Å². The van der Waals surface area contributed by atoms with E-state index < -0.39 is 6.23 Å². The predicted molar refractivity (Wildman–Crippen MR) is 119 cm³/mol. The second-order valence-electron chi connectivity index (χ2n) is 7.04. The van der Waals surface area contributed by atoms with Crippen molar-refractivity contribution in [3.8, 4) is 17.1 Å². The number of ether oxygens (including phenoxy) is 1. The quantitative estimate of drug-likeness (QED) is 0.586. The van der Waals surface area contributed by atoms with Crippen LogP contribution in [-0.2, 0) is 4.79 Å². The number of para-hydroxylation sites is 1. The van der Waals surface area contributed by atoms with Crippen molar-refractivity contribution in [2.24, 2.45) is 0 Å². The highest BCUT2D eigenvalue weighted by molar-refractivity contribution is 7.98. The van der Waals surface area contributed by atoms with Crippen LogP contribution >= 0.6 is 11.8 Å². The summed E-state index contributed by atoms with van der Waals surface area (Å²) in [5.74, 6) is 0.324. The minimum Gasteiger partial charge on any atom is -0.447 e. The lowest BCUT2D eigenvalue weighted by Crippen LogP contribution is -2.37. The van der Waals surface area contributed by atoms with Gasteiger partial charge in [-0.15, -0.1) is 10.2 Å². The van der Waals surface area contributed by atoms with E-state index in [1.54, 1.807) is 4.90 Å². The second-order valence-corrected chi connectivity index (χ2v) is 7.82. The first-order valence-corrected chi connectivity index (χ1v) is 10.9. The van der Waals surface area contributed by atoms with Crippen molar-refractivity contribution in [3.63, 3.8) is 0 Å². The summed E-state index contributed by atoms with van der Waals surface area (Å²) in [5.41, 5.74) is 3.96. The van der Waals surface area contributed by atoms with Gasteiger partial charge in [0, 0.05) is 37.3 Å². The molecule has 0 saturated carbocycles. The fourth-order valence-electron chi connectivity index (χ4n) is 3.39. The van der Waals surface area contributed by atoms with Crippen LogP contribution in [0.25, 0.3) is 11.3 Å². The Morgan fingerprint density at radius 1 is 1.13 bits per heavy atom. The largest absolute Gasteiger partial charge is 0.447 e. The van der Waals surface area contributed by atoms with E-state index in [-0.39, 0.29) is 5.91 Å². The molecule has 0 fully saturated rings. The van der Waals surface area contributed by atoms with Crippen LogP contribution in [0, 0.1) is 0 Å². The summed E-state index contributed by atoms with van der Waals surface area (Å²) in [6, 6.07) is 15.6. The minimum absolute atomic E-state index is 0.0463. The van der Waals surface area contributed by atoms with Gasteiger partial charge < -0.3 is 9.64 Å². The van der Waals surface area contributed by atoms with Crippen LogP contribution < -0.4 is 14.5 Å². The number of hydrogen-bond acceptors (Lipinski definition) is 7. The number of fused-ring (bicyclic) bond motifs is 3. The topological polar surface area (TPSA) is 71.5 Å². The van der Waals surface area contributed by atoms with Gasteiger partial charge in [0.2, 0.25) is 23.2 Å². The van der Waals surface area contributed by atoms with Crippen LogP contribution in [0.4, 0.5) is 11.4 Å². The molecule has 0 saturated heterocycles. The van der Waals surface area contributed by atoms with Gasteiger partial charge in [0.1, 0.15) is 0 Å². The van der Waals surface area contributed by atoms with Crippen molar-refractivity contribution in [2.75, 3.05) is 30.2 Å². The summed E-state index contributed by atoms with van der Waals surface area (Å²) in [6.07, 6.45) is 1.57. The molecule has 7 nitrogen and oxygen atoms in total. The number of hydrogen-bond donors (Lipinski definition) is 0. The number of benzene rings is 2. The molecule has 0 spiro atoms. The van der Waals surface area contributed by atoms with Crippen LogP contribution in [-0.4, -0.2) is 41.4 Å². The number of carbonyl (C=O) groups excluding carboxylic acids is 1. The van der Waals surface area contributed by atoms with Crippen LogP contribution in [0.1, 0.15) is 25.1 Å². The van der Waals surface area contributed by atoms with Crippen LogP contribution in [0.2, 0.25) is 0 Å². The van der Waals surface area contributed by atoms with Gasteiger partial charge in [-0.2, -0.15) is 4.98 Å². The van der Waals surface area contributed by atoms with E-state index in [0.717, 1.165) is 22.5 Å². The molecule has 1 aliphatic rings. The van der Waals surface area contributed by atoms with E-state index in [9.17, 15) is 4.79 Å². The molecule has 1 aliphatic heterocycles. The summed E-state index contributed by atoms with van der Waals surface area (Å²) in [5, 5.41) is 9.07. The molecular formula is C22H23N5O2S. The van der Waals surface area contributed by atoms with E-state index >= 15 is 0 Å². The van der Waals surface area contributed by atoms with E-state index in [1.807, 2.05) is 80.7 Å². The standard InChI is InChI=1S/C22H23N5O2S/c1-5-18(28)27-17-9-7-6-8-16(17)19-20(23-22(30-4)25-24-19)29-21(27)14-10-12-15(13-11-14)26(2)3/h6-13,21H,5H2,1-4H3/t21-/m0/s1. The molecule has 4 rings (SSSR count). The van der Waals surface area contributed by atoms with Gasteiger partial charge in [-0.05, 0) is 24.5 Å². The monoisotopic (exact) mass is 421 g/mol. The highest BCUT2D eigenvalue weighted by atomic mass is 32.2. The second kappa shape index (κ2) is 8.31. The molecule has 1 aromatic heterocycles. The van der Waals surface area contributed by atoms with Crippen molar-refractivity contribution in [1.29, 1.82) is 0 Å². The Kier molecular flexibility index (Phi) is 5.59. The maximum atomic E-state index is 13.1. The van der Waals surface area contributed by atoms with Crippen LogP contribution in [0.3, 0.4) is 0 Å². The van der Waals surface area contributed by atoms with Gasteiger partial charge in [-0.3, -0.25) is 9.69 Å². The molecular weight excluding hydrogens is 398 g/mol. The number of amides is 1. The third-order valence-corrected chi connectivity index (χ3v) is 5.50. The molecule has 30 heavy (non-hydrogen) atoms. The summed E-state index contributed by atoms with van der Waals surface area (Å²) in [6.45, 7) is 1.85. The number of rotatable bonds is 4. The van der Waals surface area contributed by atoms with Crippen LogP contribution in [0.15, 0.2) is 53.7 Å². The van der Waals surface area contributed by atoms with Crippen LogP contribution in [0.5, 0.6) is 5.88 Å². The maximum Gasteiger partial charge on any atom is 0.247 e. The fourth-order valence-corrected chi connectivity index (χ4v) is 3.69. The average molecular weight is 422 g/mol. The molecule has 0 bridgehead atoms. The molecule has 2 heterocycles.